The molecule has 6 nitrogen and oxygen atoms in total. The summed E-state index contributed by atoms with van der Waals surface area (Å²) < 4.78 is 1.23. The normalized spacial score (nSPS) is 12.2. The van der Waals surface area contributed by atoms with Gasteiger partial charge in [-0.25, -0.2) is 4.57 Å². The van der Waals surface area contributed by atoms with Crippen molar-refractivity contribution >= 4 is 23.3 Å². The minimum atomic E-state index is -0.541. The fourth-order valence-corrected chi connectivity index (χ4v) is 1.31. The van der Waals surface area contributed by atoms with Crippen LogP contribution in [0.1, 0.15) is 17.4 Å². The average Bonchev–Trinajstić information content (AvgIpc) is 2.56. The van der Waals surface area contributed by atoms with Crippen LogP contribution in [0.2, 0.25) is 0 Å². The maximum Gasteiger partial charge on any atom is 0.323 e. The van der Waals surface area contributed by atoms with Crippen molar-refractivity contribution in [3.63, 3.8) is 0 Å². The van der Waals surface area contributed by atoms with Crippen molar-refractivity contribution in [1.29, 1.82) is 0 Å². The number of amides is 1. The summed E-state index contributed by atoms with van der Waals surface area (Å²) in [6.45, 7) is 2.06. The molecule has 7 heteroatoms. The molecule has 1 aromatic heterocycles. The van der Waals surface area contributed by atoms with Crippen LogP contribution in [0.3, 0.4) is 0 Å². The average molecular weight is 246 g/mol. The van der Waals surface area contributed by atoms with Crippen molar-refractivity contribution in [2.45, 2.75) is 12.3 Å². The first kappa shape index (κ1) is 12.5. The van der Waals surface area contributed by atoms with E-state index in [1.54, 1.807) is 6.92 Å². The Morgan fingerprint density at radius 2 is 2.31 bits per heavy atom. The Labute approximate surface area is 97.3 Å². The predicted octanol–water partition coefficient (Wildman–Crippen LogP) is 1.29. The molecule has 1 unspecified atom stereocenters. The number of carbonyl (C=O) groups excluding carboxylic acids is 1. The molecular weight excluding hydrogens is 234 g/mol. The molecule has 88 valence electrons. The number of carbonyl (C=O) groups is 1. The molecular formula is C9H12ClN3O3. The summed E-state index contributed by atoms with van der Waals surface area (Å²) in [5.41, 5.74) is 0.240. The molecule has 0 bridgehead atoms. The molecule has 0 aliphatic heterocycles. The van der Waals surface area contributed by atoms with Gasteiger partial charge in [-0.15, -0.1) is 11.6 Å². The zero-order chi connectivity index (χ0) is 12.3. The van der Waals surface area contributed by atoms with Crippen molar-refractivity contribution in [3.05, 3.63) is 27.9 Å². The number of nitro groups is 1. The van der Waals surface area contributed by atoms with Crippen LogP contribution in [-0.4, -0.2) is 27.3 Å². The van der Waals surface area contributed by atoms with Gasteiger partial charge in [-0.1, -0.05) is 0 Å². The van der Waals surface area contributed by atoms with E-state index < -0.39 is 4.92 Å². The van der Waals surface area contributed by atoms with E-state index in [9.17, 15) is 14.9 Å². The van der Waals surface area contributed by atoms with Crippen LogP contribution in [0.4, 0.5) is 5.82 Å². The molecule has 1 N–H and O–H groups in total. The summed E-state index contributed by atoms with van der Waals surface area (Å²) in [4.78, 5) is 21.6. The van der Waals surface area contributed by atoms with Gasteiger partial charge in [-0.3, -0.25) is 4.79 Å². The number of nitrogens with one attached hydrogen (secondary N) is 1. The van der Waals surface area contributed by atoms with E-state index >= 15 is 0 Å². The number of nitrogens with zero attached hydrogens (tertiary/aromatic N) is 2. The standard InChI is InChI=1S/C9H12ClN3O3/c1-6(10)5-11-9(14)7-3-4-8(12(7)2)13(15)16/h3-4,6H,5H2,1-2H3,(H,11,14). The monoisotopic (exact) mass is 245 g/mol. The molecule has 1 heterocycles. The molecule has 1 aromatic rings. The van der Waals surface area contributed by atoms with Crippen molar-refractivity contribution in [2.75, 3.05) is 6.54 Å². The van der Waals surface area contributed by atoms with Crippen molar-refractivity contribution < 1.29 is 9.72 Å². The van der Waals surface area contributed by atoms with Crippen LogP contribution in [0.25, 0.3) is 0 Å². The van der Waals surface area contributed by atoms with Crippen molar-refractivity contribution in [3.8, 4) is 0 Å². The molecule has 0 spiro atoms. The maximum atomic E-state index is 11.6. The number of aromatic nitrogens is 1. The lowest BCUT2D eigenvalue weighted by Crippen LogP contribution is -2.30. The second-order valence-electron chi connectivity index (χ2n) is 3.38. The van der Waals surface area contributed by atoms with Crippen LogP contribution in [0.15, 0.2) is 12.1 Å². The molecule has 0 aliphatic carbocycles. The van der Waals surface area contributed by atoms with Gasteiger partial charge in [0.05, 0.1) is 7.05 Å². The minimum absolute atomic E-state index is 0.121. The summed E-state index contributed by atoms with van der Waals surface area (Å²) in [6.07, 6.45) is 0. The van der Waals surface area contributed by atoms with Crippen molar-refractivity contribution in [1.82, 2.24) is 9.88 Å². The Kier molecular flexibility index (Phi) is 3.89. The highest BCUT2D eigenvalue weighted by Gasteiger charge is 2.20. The quantitative estimate of drug-likeness (QED) is 0.493. The zero-order valence-corrected chi connectivity index (χ0v) is 9.69. The molecule has 0 radical (unpaired) electrons. The number of hydrogen-bond donors (Lipinski definition) is 1. The smallest absolute Gasteiger partial charge is 0.323 e. The fraction of sp³-hybridized carbons (Fsp3) is 0.444. The fourth-order valence-electron chi connectivity index (χ4n) is 1.24. The molecule has 0 saturated carbocycles. The van der Waals surface area contributed by atoms with Crippen LogP contribution >= 0.6 is 11.6 Å². The Morgan fingerprint density at radius 3 is 2.75 bits per heavy atom. The van der Waals surface area contributed by atoms with Gasteiger partial charge in [0.2, 0.25) is 0 Å². The molecule has 1 rings (SSSR count). The highest BCUT2D eigenvalue weighted by molar-refractivity contribution is 6.20. The third kappa shape index (κ3) is 2.73. The van der Waals surface area contributed by atoms with Gasteiger partial charge in [0.25, 0.3) is 5.91 Å². The maximum absolute atomic E-state index is 11.6. The van der Waals surface area contributed by atoms with Gasteiger partial charge in [0.1, 0.15) is 0 Å². The summed E-state index contributed by atoms with van der Waals surface area (Å²) in [7, 11) is 1.47. The van der Waals surface area contributed by atoms with E-state index in [1.165, 1.54) is 23.7 Å². The van der Waals surface area contributed by atoms with Gasteiger partial charge in [0, 0.05) is 18.0 Å². The van der Waals surface area contributed by atoms with Crippen LogP contribution in [0, 0.1) is 10.1 Å². The lowest BCUT2D eigenvalue weighted by molar-refractivity contribution is -0.391. The second kappa shape index (κ2) is 4.98. The van der Waals surface area contributed by atoms with E-state index in [4.69, 9.17) is 11.6 Å². The first-order valence-electron chi connectivity index (χ1n) is 4.66. The van der Waals surface area contributed by atoms with Gasteiger partial charge < -0.3 is 15.4 Å². The first-order valence-corrected chi connectivity index (χ1v) is 5.09. The van der Waals surface area contributed by atoms with E-state index in [-0.39, 0.29) is 22.8 Å². The van der Waals surface area contributed by atoms with Crippen LogP contribution in [0.5, 0.6) is 0 Å². The summed E-state index contributed by atoms with van der Waals surface area (Å²) in [5.74, 6) is -0.493. The van der Waals surface area contributed by atoms with E-state index in [0.29, 0.717) is 6.54 Å². The minimum Gasteiger partial charge on any atom is -0.358 e. The molecule has 1 amide bonds. The predicted molar refractivity (Wildman–Crippen MR) is 59.7 cm³/mol. The molecule has 0 saturated heterocycles. The number of hydrogen-bond acceptors (Lipinski definition) is 3. The Morgan fingerprint density at radius 1 is 1.69 bits per heavy atom. The van der Waals surface area contributed by atoms with Crippen LogP contribution < -0.4 is 5.32 Å². The molecule has 0 aromatic carbocycles. The van der Waals surface area contributed by atoms with E-state index in [0.717, 1.165) is 0 Å². The highest BCUT2D eigenvalue weighted by Crippen LogP contribution is 2.14. The molecule has 16 heavy (non-hydrogen) atoms. The Bertz CT molecular complexity index is 414. The molecule has 0 fully saturated rings. The van der Waals surface area contributed by atoms with Gasteiger partial charge in [-0.05, 0) is 17.9 Å². The summed E-state index contributed by atoms with van der Waals surface area (Å²) in [6, 6.07) is 2.70. The van der Waals surface area contributed by atoms with Gasteiger partial charge >= 0.3 is 5.82 Å². The highest BCUT2D eigenvalue weighted by atomic mass is 35.5. The number of alkyl halides is 1. The van der Waals surface area contributed by atoms with Crippen LogP contribution in [-0.2, 0) is 7.05 Å². The Hall–Kier alpha value is -1.56. The first-order chi connectivity index (χ1) is 7.43. The number of rotatable bonds is 4. The third-order valence-electron chi connectivity index (χ3n) is 2.06. The number of halogens is 1. The topological polar surface area (TPSA) is 77.2 Å². The second-order valence-corrected chi connectivity index (χ2v) is 4.13. The van der Waals surface area contributed by atoms with Gasteiger partial charge in [0.15, 0.2) is 5.69 Å². The third-order valence-corrected chi connectivity index (χ3v) is 2.21. The van der Waals surface area contributed by atoms with Gasteiger partial charge in [-0.2, -0.15) is 0 Å². The Balaban J connectivity index is 2.81. The van der Waals surface area contributed by atoms with E-state index in [1.807, 2.05) is 0 Å². The summed E-state index contributed by atoms with van der Waals surface area (Å²) in [5, 5.41) is 13.0. The largest absolute Gasteiger partial charge is 0.358 e. The summed E-state index contributed by atoms with van der Waals surface area (Å²) >= 11 is 5.67. The van der Waals surface area contributed by atoms with Crippen molar-refractivity contribution in [2.24, 2.45) is 7.05 Å². The SMILES string of the molecule is CC(Cl)CNC(=O)c1ccc([N+](=O)[O-])n1C. The van der Waals surface area contributed by atoms with E-state index in [2.05, 4.69) is 5.32 Å². The lowest BCUT2D eigenvalue weighted by atomic mass is 10.4. The lowest BCUT2D eigenvalue weighted by Gasteiger charge is -2.05. The zero-order valence-electron chi connectivity index (χ0n) is 8.94. The molecule has 1 atom stereocenters. The molecule has 0 aliphatic rings.